The second-order valence-electron chi connectivity index (χ2n) is 11.1. The predicted octanol–water partition coefficient (Wildman–Crippen LogP) is 4.55. The van der Waals surface area contributed by atoms with Gasteiger partial charge in [0.2, 0.25) is 10.0 Å². The van der Waals surface area contributed by atoms with Crippen LogP contribution in [0.3, 0.4) is 0 Å². The Kier molecular flexibility index (Phi) is 5.51. The molecule has 3 aromatic rings. The number of hydrogen-bond acceptors (Lipinski definition) is 6. The number of aromatic nitrogens is 4. The van der Waals surface area contributed by atoms with Crippen molar-refractivity contribution >= 4 is 10.0 Å². The van der Waals surface area contributed by atoms with Crippen LogP contribution in [0.1, 0.15) is 74.1 Å². The molecule has 0 N–H and O–H groups in total. The summed E-state index contributed by atoms with van der Waals surface area (Å²) in [5.74, 6) is -0.357. The lowest BCUT2D eigenvalue weighted by Gasteiger charge is -2.38. The van der Waals surface area contributed by atoms with Gasteiger partial charge in [-0.05, 0) is 66.8 Å². The van der Waals surface area contributed by atoms with Crippen molar-refractivity contribution in [3.8, 4) is 11.3 Å². The van der Waals surface area contributed by atoms with Crippen molar-refractivity contribution in [2.24, 2.45) is 5.41 Å². The third-order valence-electron chi connectivity index (χ3n) is 9.00. The Balaban J connectivity index is 1.40. The summed E-state index contributed by atoms with van der Waals surface area (Å²) in [6.07, 6.45) is 6.13. The molecular weight excluding hydrogens is 496 g/mol. The second kappa shape index (κ2) is 8.33. The first-order chi connectivity index (χ1) is 17.5. The third kappa shape index (κ3) is 3.55. The fourth-order valence-electron chi connectivity index (χ4n) is 7.01. The highest BCUT2D eigenvalue weighted by atomic mass is 32.2. The molecule has 0 amide bonds. The van der Waals surface area contributed by atoms with Gasteiger partial charge in [0.15, 0.2) is 0 Å². The maximum absolute atomic E-state index is 14.5. The van der Waals surface area contributed by atoms with Crippen molar-refractivity contribution in [3.05, 3.63) is 70.9 Å². The fourth-order valence-corrected chi connectivity index (χ4v) is 7.88. The minimum absolute atomic E-state index is 0.0769. The van der Waals surface area contributed by atoms with Gasteiger partial charge in [0.05, 0.1) is 34.3 Å². The molecule has 0 spiro atoms. The lowest BCUT2D eigenvalue weighted by molar-refractivity contribution is 0.241. The number of rotatable bonds is 4. The minimum atomic E-state index is -3.21. The van der Waals surface area contributed by atoms with Crippen molar-refractivity contribution in [1.82, 2.24) is 24.5 Å². The summed E-state index contributed by atoms with van der Waals surface area (Å²) in [6, 6.07) is 7.55. The van der Waals surface area contributed by atoms with Crippen LogP contribution >= 0.6 is 0 Å². The molecule has 2 aliphatic carbocycles. The zero-order valence-electron chi connectivity index (χ0n) is 21.1. The Bertz CT molecular complexity index is 1480. The molecule has 1 saturated heterocycles. The third-order valence-corrected chi connectivity index (χ3v) is 10.3. The summed E-state index contributed by atoms with van der Waals surface area (Å²) in [6.45, 7) is 5.34. The quantitative estimate of drug-likeness (QED) is 0.496. The molecule has 1 aromatic carbocycles. The van der Waals surface area contributed by atoms with Crippen LogP contribution < -0.4 is 0 Å². The summed E-state index contributed by atoms with van der Waals surface area (Å²) in [4.78, 5) is 9.65. The average molecular weight is 526 g/mol. The predicted molar refractivity (Wildman–Crippen MR) is 134 cm³/mol. The molecule has 1 saturated carbocycles. The van der Waals surface area contributed by atoms with E-state index >= 15 is 0 Å². The van der Waals surface area contributed by atoms with E-state index < -0.39 is 27.1 Å². The number of halogens is 2. The van der Waals surface area contributed by atoms with Crippen LogP contribution in [-0.4, -0.2) is 52.2 Å². The van der Waals surface area contributed by atoms with E-state index in [0.717, 1.165) is 35.6 Å². The molecule has 7 nitrogen and oxygen atoms in total. The van der Waals surface area contributed by atoms with Gasteiger partial charge < -0.3 is 0 Å². The van der Waals surface area contributed by atoms with E-state index in [1.54, 1.807) is 12.3 Å². The molecule has 0 unspecified atom stereocenters. The van der Waals surface area contributed by atoms with Gasteiger partial charge in [0.1, 0.15) is 17.5 Å². The molecule has 10 heteroatoms. The highest BCUT2D eigenvalue weighted by Crippen LogP contribution is 2.69. The number of piperidine rings is 1. The second-order valence-corrected chi connectivity index (χ2v) is 13.1. The first kappa shape index (κ1) is 24.5. The van der Waals surface area contributed by atoms with E-state index in [1.807, 2.05) is 6.07 Å². The number of fused-ring (bicyclic) bond motifs is 5. The molecule has 6 rings (SSSR count). The normalized spacial score (nSPS) is 25.4. The Morgan fingerprint density at radius 1 is 1.03 bits per heavy atom. The van der Waals surface area contributed by atoms with Crippen LogP contribution in [0.25, 0.3) is 11.3 Å². The standard InChI is InChI=1S/C27H29F2N5O2S/c1-26(2)18-7-11-27(26,24-17(18)15-21(32-33-24)23-19(28)5-4-6-20(23)29)22-8-12-30-25(31-22)16-9-13-34(14-10-16)37(3,35)36/h4-6,8,12,15-16,18H,7,9-11,13-14H2,1-3H3/t18-,27+/m0/s1. The zero-order chi connectivity index (χ0) is 26.2. The Labute approximate surface area is 215 Å². The number of hydrogen-bond donors (Lipinski definition) is 0. The maximum Gasteiger partial charge on any atom is 0.211 e. The Morgan fingerprint density at radius 3 is 2.41 bits per heavy atom. The van der Waals surface area contributed by atoms with Crippen LogP contribution in [0.4, 0.5) is 8.78 Å². The van der Waals surface area contributed by atoms with Gasteiger partial charge in [-0.2, -0.15) is 5.10 Å². The lowest BCUT2D eigenvalue weighted by Crippen LogP contribution is -2.39. The van der Waals surface area contributed by atoms with Crippen molar-refractivity contribution in [2.45, 2.75) is 56.8 Å². The van der Waals surface area contributed by atoms with E-state index in [9.17, 15) is 17.2 Å². The number of nitrogens with zero attached hydrogens (tertiary/aromatic N) is 5. The largest absolute Gasteiger partial charge is 0.241 e. The van der Waals surface area contributed by atoms with Gasteiger partial charge in [0, 0.05) is 25.2 Å². The average Bonchev–Trinajstić information content (AvgIpc) is 3.24. The highest BCUT2D eigenvalue weighted by molar-refractivity contribution is 7.88. The minimum Gasteiger partial charge on any atom is -0.241 e. The van der Waals surface area contributed by atoms with E-state index in [2.05, 4.69) is 29.0 Å². The van der Waals surface area contributed by atoms with E-state index in [-0.39, 0.29) is 28.5 Å². The van der Waals surface area contributed by atoms with Crippen LogP contribution in [0.2, 0.25) is 0 Å². The summed E-state index contributed by atoms with van der Waals surface area (Å²) in [7, 11) is -3.21. The van der Waals surface area contributed by atoms with Gasteiger partial charge in [-0.25, -0.2) is 31.5 Å². The molecule has 0 radical (unpaired) electrons. The van der Waals surface area contributed by atoms with Crippen LogP contribution in [0, 0.1) is 17.0 Å². The SMILES string of the molecule is CC1(C)[C@H]2CC[C@@]1(c1ccnc(C3CCN(S(C)(=O)=O)CC3)n1)c1nnc(-c3c(F)cccc3F)cc12. The lowest BCUT2D eigenvalue weighted by atomic mass is 9.66. The van der Waals surface area contributed by atoms with Gasteiger partial charge in [-0.1, -0.05) is 19.9 Å². The molecule has 37 heavy (non-hydrogen) atoms. The zero-order valence-corrected chi connectivity index (χ0v) is 21.9. The molecule has 3 heterocycles. The van der Waals surface area contributed by atoms with Gasteiger partial charge in [-0.15, -0.1) is 5.10 Å². The van der Waals surface area contributed by atoms with Crippen molar-refractivity contribution in [1.29, 1.82) is 0 Å². The van der Waals surface area contributed by atoms with E-state index in [0.29, 0.717) is 25.9 Å². The van der Waals surface area contributed by atoms with Crippen LogP contribution in [0.15, 0.2) is 36.5 Å². The fraction of sp³-hybridized carbons (Fsp3) is 0.481. The van der Waals surface area contributed by atoms with Crippen molar-refractivity contribution in [2.75, 3.05) is 19.3 Å². The maximum atomic E-state index is 14.5. The van der Waals surface area contributed by atoms with Crippen molar-refractivity contribution < 1.29 is 17.2 Å². The molecule has 2 aromatic heterocycles. The van der Waals surface area contributed by atoms with Crippen LogP contribution in [0.5, 0.6) is 0 Å². The summed E-state index contributed by atoms with van der Waals surface area (Å²) >= 11 is 0. The molecule has 194 valence electrons. The van der Waals surface area contributed by atoms with E-state index in [1.165, 1.54) is 28.8 Å². The van der Waals surface area contributed by atoms with Crippen LogP contribution in [-0.2, 0) is 15.4 Å². The molecule has 3 aliphatic rings. The van der Waals surface area contributed by atoms with Gasteiger partial charge in [0.25, 0.3) is 0 Å². The monoisotopic (exact) mass is 525 g/mol. The highest BCUT2D eigenvalue weighted by Gasteiger charge is 2.65. The first-order valence-electron chi connectivity index (χ1n) is 12.6. The van der Waals surface area contributed by atoms with Crippen molar-refractivity contribution in [3.63, 3.8) is 0 Å². The van der Waals surface area contributed by atoms with Gasteiger partial charge >= 0.3 is 0 Å². The molecular formula is C27H29F2N5O2S. The van der Waals surface area contributed by atoms with E-state index in [4.69, 9.17) is 4.98 Å². The summed E-state index contributed by atoms with van der Waals surface area (Å²) in [5.41, 5.74) is 2.01. The summed E-state index contributed by atoms with van der Waals surface area (Å²) < 4.78 is 54.4. The molecule has 1 aliphatic heterocycles. The number of sulfonamides is 1. The molecule has 2 atom stereocenters. The first-order valence-corrected chi connectivity index (χ1v) is 14.5. The Hall–Kier alpha value is -2.85. The van der Waals surface area contributed by atoms with Gasteiger partial charge in [-0.3, -0.25) is 0 Å². The summed E-state index contributed by atoms with van der Waals surface area (Å²) in [5, 5.41) is 8.91. The number of benzene rings is 1. The molecule has 2 bridgehead atoms. The topological polar surface area (TPSA) is 88.9 Å². The smallest absolute Gasteiger partial charge is 0.211 e. The molecule has 2 fully saturated rings. The Morgan fingerprint density at radius 2 is 1.73 bits per heavy atom.